The quantitative estimate of drug-likeness (QED) is 0.221. The first kappa shape index (κ1) is 29.1. The van der Waals surface area contributed by atoms with Crippen molar-refractivity contribution >= 4 is 89.2 Å². The number of nitrogens with zero attached hydrogens (tertiary/aromatic N) is 2. The summed E-state index contributed by atoms with van der Waals surface area (Å²) >= 11 is 16.4. The van der Waals surface area contributed by atoms with E-state index >= 15 is 0 Å². The van der Waals surface area contributed by atoms with Crippen LogP contribution in [0.3, 0.4) is 0 Å². The fourth-order valence-corrected chi connectivity index (χ4v) is 11.6. The van der Waals surface area contributed by atoms with Gasteiger partial charge in [0.15, 0.2) is 0 Å². The largest absolute Gasteiger partial charge is 0.506 e. The lowest BCUT2D eigenvalue weighted by molar-refractivity contribution is -0.147. The number of halogens is 2. The summed E-state index contributed by atoms with van der Waals surface area (Å²) in [4.78, 5) is 33.0. The third-order valence-corrected chi connectivity index (χ3v) is 14.6. The number of alkyl halides is 2. The van der Waals surface area contributed by atoms with Crippen LogP contribution in [-0.2, 0) is 9.59 Å². The highest BCUT2D eigenvalue weighted by molar-refractivity contribution is 7.18. The van der Waals surface area contributed by atoms with Crippen LogP contribution in [0, 0.1) is 31.6 Å². The molecule has 230 valence electrons. The minimum absolute atomic E-state index is 0.0307. The molecule has 4 heterocycles. The zero-order valence-corrected chi connectivity index (χ0v) is 28.4. The summed E-state index contributed by atoms with van der Waals surface area (Å²) in [5.74, 6) is 1.65. The van der Waals surface area contributed by atoms with E-state index in [0.717, 1.165) is 51.9 Å². The second kappa shape index (κ2) is 10.1. The van der Waals surface area contributed by atoms with Crippen molar-refractivity contribution in [2.75, 3.05) is 34.6 Å². The highest BCUT2D eigenvalue weighted by Crippen LogP contribution is 2.60. The summed E-state index contributed by atoms with van der Waals surface area (Å²) in [5.41, 5.74) is 6.85. The molecule has 0 saturated heterocycles. The molecule has 2 aromatic carbocycles. The maximum absolute atomic E-state index is 14.6. The third-order valence-electron chi connectivity index (χ3n) is 11.5. The summed E-state index contributed by atoms with van der Waals surface area (Å²) in [6.45, 7) is 7.53. The van der Waals surface area contributed by atoms with Crippen molar-refractivity contribution in [2.45, 2.75) is 71.1 Å². The highest BCUT2D eigenvalue weighted by atomic mass is 35.5. The van der Waals surface area contributed by atoms with Gasteiger partial charge in [0, 0.05) is 74.7 Å². The van der Waals surface area contributed by atoms with E-state index in [4.69, 9.17) is 23.2 Å². The summed E-state index contributed by atoms with van der Waals surface area (Å²) in [5, 5.41) is 17.5. The molecule has 3 fully saturated rings. The molecule has 3 saturated carbocycles. The Morgan fingerprint density at radius 1 is 0.750 bits per heavy atom. The van der Waals surface area contributed by atoms with Gasteiger partial charge in [-0.2, -0.15) is 0 Å². The number of carbonyl (C=O) groups is 2. The Morgan fingerprint density at radius 2 is 1.18 bits per heavy atom. The molecule has 5 aliphatic rings. The number of hydrogen-bond donors (Lipinski definition) is 1. The van der Waals surface area contributed by atoms with Crippen LogP contribution in [-0.4, -0.2) is 41.8 Å². The minimum atomic E-state index is -0.479. The van der Waals surface area contributed by atoms with E-state index in [0.29, 0.717) is 44.1 Å². The lowest BCUT2D eigenvalue weighted by Crippen LogP contribution is -2.56. The molecule has 2 atom stereocenters. The van der Waals surface area contributed by atoms with E-state index in [1.54, 1.807) is 17.4 Å². The highest BCUT2D eigenvalue weighted by Gasteiger charge is 2.58. The number of fused-ring (bicyclic) bond motifs is 9. The van der Waals surface area contributed by atoms with Crippen molar-refractivity contribution in [3.05, 3.63) is 50.7 Å². The molecule has 3 aliphatic carbocycles. The van der Waals surface area contributed by atoms with Gasteiger partial charge in [0.05, 0.1) is 10.4 Å². The molecule has 9 rings (SSSR count). The van der Waals surface area contributed by atoms with Crippen molar-refractivity contribution in [3.63, 3.8) is 0 Å². The third kappa shape index (κ3) is 3.82. The Morgan fingerprint density at radius 3 is 1.66 bits per heavy atom. The molecular formula is C35H36Cl2N2O3S2. The van der Waals surface area contributed by atoms with E-state index in [9.17, 15) is 14.7 Å². The maximum Gasteiger partial charge on any atom is 0.233 e. The zero-order chi connectivity index (χ0) is 30.7. The SMILES string of the molecule is Cc1cc2c(c3c(C)csc13)[C@H](CCl)CN2C(=O)C12CCC(C(=O)N3C[C@@H](CCl)c4c3cc(O)c3scc(C)c43)(CC1)CC2. The molecule has 0 unspecified atom stereocenters. The van der Waals surface area contributed by atoms with Gasteiger partial charge >= 0.3 is 0 Å². The lowest BCUT2D eigenvalue weighted by atomic mass is 9.53. The van der Waals surface area contributed by atoms with Gasteiger partial charge in [-0.25, -0.2) is 0 Å². The number of carbonyl (C=O) groups excluding carboxylic acids is 2. The van der Waals surface area contributed by atoms with Gasteiger partial charge in [0.2, 0.25) is 11.8 Å². The van der Waals surface area contributed by atoms with Crippen LogP contribution in [0.15, 0.2) is 22.9 Å². The van der Waals surface area contributed by atoms with Crippen LogP contribution < -0.4 is 9.80 Å². The van der Waals surface area contributed by atoms with Crippen molar-refractivity contribution in [2.24, 2.45) is 10.8 Å². The number of aryl methyl sites for hydroxylation is 3. The predicted octanol–water partition coefficient (Wildman–Crippen LogP) is 9.13. The van der Waals surface area contributed by atoms with Gasteiger partial charge in [-0.05, 0) is 104 Å². The maximum atomic E-state index is 14.6. The normalized spacial score (nSPS) is 27.5. The second-order valence-electron chi connectivity index (χ2n) is 13.8. The molecular weight excluding hydrogens is 631 g/mol. The van der Waals surface area contributed by atoms with Crippen molar-refractivity contribution in [3.8, 4) is 5.75 Å². The van der Waals surface area contributed by atoms with Crippen LogP contribution >= 0.6 is 45.9 Å². The summed E-state index contributed by atoms with van der Waals surface area (Å²) in [6, 6.07) is 3.98. The smallest absolute Gasteiger partial charge is 0.233 e. The van der Waals surface area contributed by atoms with Crippen LogP contribution in [0.5, 0.6) is 5.75 Å². The summed E-state index contributed by atoms with van der Waals surface area (Å²) in [7, 11) is 0. The molecule has 2 amide bonds. The van der Waals surface area contributed by atoms with Gasteiger partial charge in [-0.1, -0.05) is 0 Å². The molecule has 9 heteroatoms. The van der Waals surface area contributed by atoms with Crippen molar-refractivity contribution in [1.29, 1.82) is 0 Å². The first-order valence-corrected chi connectivity index (χ1v) is 18.5. The van der Waals surface area contributed by atoms with Gasteiger partial charge < -0.3 is 14.9 Å². The van der Waals surface area contributed by atoms with E-state index in [1.165, 1.54) is 38.1 Å². The Hall–Kier alpha value is -2.32. The topological polar surface area (TPSA) is 60.9 Å². The molecule has 5 nitrogen and oxygen atoms in total. The fraction of sp³-hybridized carbons (Fsp3) is 0.486. The molecule has 1 N–H and O–H groups in total. The molecule has 0 spiro atoms. The first-order chi connectivity index (χ1) is 21.1. The van der Waals surface area contributed by atoms with E-state index in [2.05, 4.69) is 37.6 Å². The number of aromatic hydroxyl groups is 1. The van der Waals surface area contributed by atoms with Crippen LogP contribution in [0.2, 0.25) is 0 Å². The molecule has 2 bridgehead atoms. The minimum Gasteiger partial charge on any atom is -0.506 e. The Bertz CT molecular complexity index is 1730. The van der Waals surface area contributed by atoms with Crippen LogP contribution in [0.4, 0.5) is 11.4 Å². The number of benzene rings is 2. The van der Waals surface area contributed by atoms with Gasteiger partial charge in [-0.15, -0.1) is 45.9 Å². The van der Waals surface area contributed by atoms with E-state index < -0.39 is 10.8 Å². The fourth-order valence-electron chi connectivity index (χ4n) is 9.04. The average Bonchev–Trinajstić information content (AvgIpc) is 3.80. The summed E-state index contributed by atoms with van der Waals surface area (Å²) in [6.07, 6.45) is 4.30. The number of phenols is 1. The molecule has 4 aromatic rings. The van der Waals surface area contributed by atoms with E-state index in [-0.39, 0.29) is 29.4 Å². The number of phenolic OH excluding ortho intramolecular Hbond substituents is 1. The molecule has 0 radical (unpaired) electrons. The van der Waals surface area contributed by atoms with Crippen LogP contribution in [0.25, 0.3) is 20.2 Å². The molecule has 2 aliphatic heterocycles. The molecule has 2 aromatic heterocycles. The summed E-state index contributed by atoms with van der Waals surface area (Å²) < 4.78 is 2.16. The predicted molar refractivity (Wildman–Crippen MR) is 184 cm³/mol. The van der Waals surface area contributed by atoms with Crippen molar-refractivity contribution in [1.82, 2.24) is 0 Å². The monoisotopic (exact) mass is 666 g/mol. The first-order valence-electron chi connectivity index (χ1n) is 15.6. The number of amides is 2. The Balaban J connectivity index is 1.09. The van der Waals surface area contributed by atoms with Gasteiger partial charge in [-0.3, -0.25) is 9.59 Å². The van der Waals surface area contributed by atoms with Crippen LogP contribution in [0.1, 0.15) is 78.2 Å². The second-order valence-corrected chi connectivity index (χ2v) is 16.2. The van der Waals surface area contributed by atoms with Gasteiger partial charge in [0.1, 0.15) is 5.75 Å². The Labute approximate surface area is 275 Å². The standard InChI is InChI=1S/C35H36Cl2N2O3S2/c1-18-10-23-28(26-19(2)16-43-30(18)26)21(12-36)14-38(23)32(41)34-4-7-35(8-5-34,9-6-34)33(42)39-15-22(13-37)29-24(39)11-25(40)31-27(29)20(3)17-44-31/h10-11,16-17,21-22,40H,4-9,12-15H2,1-3H3/t21-,22-,34?,35?/m1/s1. The van der Waals surface area contributed by atoms with E-state index in [1.807, 2.05) is 9.80 Å². The average molecular weight is 668 g/mol. The van der Waals surface area contributed by atoms with Crippen molar-refractivity contribution < 1.29 is 14.7 Å². The number of hydrogen-bond acceptors (Lipinski definition) is 5. The lowest BCUT2D eigenvalue weighted by Gasteiger charge is -2.53. The van der Waals surface area contributed by atoms with Gasteiger partial charge in [0.25, 0.3) is 0 Å². The Kier molecular flexibility index (Phi) is 6.67. The number of thiophene rings is 2. The molecule has 44 heavy (non-hydrogen) atoms. The number of anilines is 2. The number of rotatable bonds is 4. The zero-order valence-electron chi connectivity index (χ0n) is 25.3.